The quantitative estimate of drug-likeness (QED) is 0.498. The van der Waals surface area contributed by atoms with Gasteiger partial charge in [-0.25, -0.2) is 0 Å². The fraction of sp³-hybridized carbons (Fsp3) is 1.00. The Bertz CT molecular complexity index is 65.8. The lowest BCUT2D eigenvalue weighted by atomic mass is 10.3. The van der Waals surface area contributed by atoms with E-state index in [0.29, 0.717) is 0 Å². The van der Waals surface area contributed by atoms with Crippen LogP contribution in [0.4, 0.5) is 0 Å². The van der Waals surface area contributed by atoms with Gasteiger partial charge < -0.3 is 0 Å². The Morgan fingerprint density at radius 1 is 1.00 bits per heavy atom. The van der Waals surface area contributed by atoms with Crippen LogP contribution in [0.2, 0.25) is 0 Å². The Kier molecular flexibility index (Phi) is 6.74. The number of unbranched alkanes of at least 4 members (excludes halogenated alkanes) is 1. The van der Waals surface area contributed by atoms with Crippen LogP contribution in [-0.2, 0) is 0 Å². The highest BCUT2D eigenvalue weighted by Gasteiger charge is 2.15. The molecule has 0 aromatic rings. The van der Waals surface area contributed by atoms with E-state index >= 15 is 0 Å². The third kappa shape index (κ3) is 9.92. The van der Waals surface area contributed by atoms with Gasteiger partial charge in [-0.3, -0.25) is 0 Å². The summed E-state index contributed by atoms with van der Waals surface area (Å²) in [7, 11) is 0. The van der Waals surface area contributed by atoms with Crippen LogP contribution in [-0.4, -0.2) is 7.47 Å². The number of rotatable bonds is 3. The van der Waals surface area contributed by atoms with E-state index < -0.39 is 0 Å². The third-order valence-electron chi connectivity index (χ3n) is 0.844. The summed E-state index contributed by atoms with van der Waals surface area (Å²) in [6, 6.07) is 0. The fourth-order valence-corrected chi connectivity index (χ4v) is 1.66. The van der Waals surface area contributed by atoms with E-state index in [-0.39, 0.29) is 2.14 Å². The Morgan fingerprint density at radius 2 is 1.56 bits per heavy atom. The van der Waals surface area contributed by atoms with Gasteiger partial charge in [-0.1, -0.05) is 63.7 Å². The van der Waals surface area contributed by atoms with Gasteiger partial charge in [0.05, 0.1) is 0 Å². The molecule has 0 fully saturated rings. The highest BCUT2D eigenvalue weighted by Crippen LogP contribution is 2.38. The maximum atomic E-state index is 3.43. The Balaban J connectivity index is 3.07. The largest absolute Gasteiger partial charge is 0.135 e. The second-order valence-electron chi connectivity index (χ2n) is 1.76. The molecule has 0 saturated carbocycles. The minimum absolute atomic E-state index is 0.0326. The van der Waals surface area contributed by atoms with E-state index in [1.807, 2.05) is 0 Å². The van der Waals surface area contributed by atoms with Crippen molar-refractivity contribution in [2.75, 3.05) is 5.33 Å². The second kappa shape index (κ2) is 5.56. The molecule has 0 aliphatic rings. The third-order valence-corrected chi connectivity index (χ3v) is 2.59. The van der Waals surface area contributed by atoms with Crippen LogP contribution >= 0.6 is 63.7 Å². The van der Waals surface area contributed by atoms with E-state index in [9.17, 15) is 0 Å². The second-order valence-corrected chi connectivity index (χ2v) is 9.81. The minimum Gasteiger partial charge on any atom is -0.0928 e. The first kappa shape index (κ1) is 10.9. The van der Waals surface area contributed by atoms with Gasteiger partial charge in [-0.2, -0.15) is 0 Å². The Morgan fingerprint density at radius 3 is 1.89 bits per heavy atom. The van der Waals surface area contributed by atoms with Crippen molar-refractivity contribution in [2.45, 2.75) is 21.4 Å². The van der Waals surface area contributed by atoms with Crippen LogP contribution in [0.15, 0.2) is 0 Å². The molecule has 0 amide bonds. The van der Waals surface area contributed by atoms with Crippen molar-refractivity contribution in [1.29, 1.82) is 0 Å². The Hall–Kier alpha value is 1.92. The number of alkyl halides is 4. The molecule has 0 nitrogen and oxygen atoms in total. The zero-order valence-corrected chi connectivity index (χ0v) is 11.2. The van der Waals surface area contributed by atoms with E-state index in [1.54, 1.807) is 0 Å². The van der Waals surface area contributed by atoms with Crippen LogP contribution in [0.3, 0.4) is 0 Å². The van der Waals surface area contributed by atoms with Gasteiger partial charge in [0.15, 0.2) is 0 Å². The molecule has 0 aliphatic heterocycles. The summed E-state index contributed by atoms with van der Waals surface area (Å²) in [5.41, 5.74) is 0. The molecule has 0 atom stereocenters. The van der Waals surface area contributed by atoms with Crippen molar-refractivity contribution in [1.82, 2.24) is 0 Å². The SMILES string of the molecule is BrCCCCC(Br)(Br)Br. The van der Waals surface area contributed by atoms with Crippen molar-refractivity contribution in [2.24, 2.45) is 0 Å². The summed E-state index contributed by atoms with van der Waals surface area (Å²) in [4.78, 5) is 0. The maximum absolute atomic E-state index is 3.43. The van der Waals surface area contributed by atoms with Crippen molar-refractivity contribution >= 4 is 63.7 Å². The Labute approximate surface area is 89.7 Å². The molecule has 4 heteroatoms. The smallest absolute Gasteiger partial charge is 0.0928 e. The molecule has 0 aromatic heterocycles. The van der Waals surface area contributed by atoms with Gasteiger partial charge in [0, 0.05) is 5.33 Å². The predicted octanol–water partition coefficient (Wildman–Crippen LogP) is 4.39. The lowest BCUT2D eigenvalue weighted by Gasteiger charge is -2.09. The van der Waals surface area contributed by atoms with Gasteiger partial charge in [0.25, 0.3) is 0 Å². The van der Waals surface area contributed by atoms with Gasteiger partial charge in [-0.15, -0.1) is 0 Å². The topological polar surface area (TPSA) is 0 Å². The molecule has 9 heavy (non-hydrogen) atoms. The van der Waals surface area contributed by atoms with Crippen molar-refractivity contribution in [3.63, 3.8) is 0 Å². The highest BCUT2D eigenvalue weighted by atomic mass is 80.0. The summed E-state index contributed by atoms with van der Waals surface area (Å²) in [5.74, 6) is 0. The number of hydrogen-bond acceptors (Lipinski definition) is 0. The van der Waals surface area contributed by atoms with E-state index in [4.69, 9.17) is 0 Å². The molecule has 0 aliphatic carbocycles. The van der Waals surface area contributed by atoms with Crippen LogP contribution in [0.25, 0.3) is 0 Å². The molecule has 0 heterocycles. The van der Waals surface area contributed by atoms with Crippen molar-refractivity contribution < 1.29 is 0 Å². The first-order valence-electron chi connectivity index (χ1n) is 2.69. The molecule has 0 bridgehead atoms. The van der Waals surface area contributed by atoms with Crippen molar-refractivity contribution in [3.05, 3.63) is 0 Å². The highest BCUT2D eigenvalue weighted by molar-refractivity contribution is 9.39. The molecule has 0 N–H and O–H groups in total. The van der Waals surface area contributed by atoms with Crippen molar-refractivity contribution in [3.8, 4) is 0 Å². The first-order valence-corrected chi connectivity index (χ1v) is 6.19. The molecule has 0 radical (unpaired) electrons. The van der Waals surface area contributed by atoms with Gasteiger partial charge in [0.2, 0.25) is 0 Å². The number of hydrogen-bond donors (Lipinski definition) is 0. The maximum Gasteiger partial charge on any atom is 0.135 e. The first-order chi connectivity index (χ1) is 4.06. The molecule has 56 valence electrons. The molecule has 0 unspecified atom stereocenters. The van der Waals surface area contributed by atoms with E-state index in [1.165, 1.54) is 12.8 Å². The zero-order valence-electron chi connectivity index (χ0n) is 4.84. The molecule has 0 rings (SSSR count). The molecule has 0 saturated heterocycles. The molecular formula is C5H8Br4. The average molecular weight is 388 g/mol. The van der Waals surface area contributed by atoms with Gasteiger partial charge in [0.1, 0.15) is 2.14 Å². The summed E-state index contributed by atoms with van der Waals surface area (Å²) in [5, 5.41) is 1.09. The summed E-state index contributed by atoms with van der Waals surface area (Å²) in [6.45, 7) is 0. The van der Waals surface area contributed by atoms with Crippen LogP contribution in [0.1, 0.15) is 19.3 Å². The monoisotopic (exact) mass is 384 g/mol. The molecule has 0 aromatic carbocycles. The predicted molar refractivity (Wildman–Crippen MR) is 57.2 cm³/mol. The van der Waals surface area contributed by atoms with Crippen LogP contribution in [0.5, 0.6) is 0 Å². The standard InChI is InChI=1S/C5H8Br4/c6-4-2-1-3-5(7,8)9/h1-4H2. The van der Waals surface area contributed by atoms with Crippen LogP contribution < -0.4 is 0 Å². The summed E-state index contributed by atoms with van der Waals surface area (Å²) >= 11 is 13.7. The average Bonchev–Trinajstić information content (AvgIpc) is 1.63. The van der Waals surface area contributed by atoms with Crippen LogP contribution in [0, 0.1) is 0 Å². The minimum atomic E-state index is -0.0326. The summed E-state index contributed by atoms with van der Waals surface area (Å²) in [6.07, 6.45) is 3.54. The number of halogens is 4. The van der Waals surface area contributed by atoms with Gasteiger partial charge in [-0.05, 0) is 19.3 Å². The lowest BCUT2D eigenvalue weighted by molar-refractivity contribution is 0.768. The van der Waals surface area contributed by atoms with E-state index in [2.05, 4.69) is 63.7 Å². The zero-order chi connectivity index (χ0) is 7.33. The lowest BCUT2D eigenvalue weighted by Crippen LogP contribution is -1.97. The van der Waals surface area contributed by atoms with Gasteiger partial charge >= 0.3 is 0 Å². The normalized spacial score (nSPS) is 12.0. The molecular weight excluding hydrogens is 380 g/mol. The van der Waals surface area contributed by atoms with E-state index in [0.717, 1.165) is 11.8 Å². The summed E-state index contributed by atoms with van der Waals surface area (Å²) < 4.78 is -0.0326. The molecule has 0 spiro atoms. The fourth-order valence-electron chi connectivity index (χ4n) is 0.420.